The van der Waals surface area contributed by atoms with E-state index in [0.717, 1.165) is 79.7 Å². The lowest BCUT2D eigenvalue weighted by Gasteiger charge is -2.37. The number of rotatable bonds is 9. The maximum atomic E-state index is 5.08. The highest BCUT2D eigenvalue weighted by molar-refractivity contribution is 7.98. The number of thioether (sulfide) groups is 1. The number of hydrogen-bond donors (Lipinski definition) is 1. The number of fused-ring (bicyclic) bond motifs is 1. The first-order chi connectivity index (χ1) is 20.1. The molecule has 0 aliphatic carbocycles. The van der Waals surface area contributed by atoms with Crippen molar-refractivity contribution in [2.24, 2.45) is 0 Å². The summed E-state index contributed by atoms with van der Waals surface area (Å²) >= 11 is 1.74. The van der Waals surface area contributed by atoms with Crippen molar-refractivity contribution in [2.45, 2.75) is 25.2 Å². The molecule has 0 atom stereocenters. The Hall–Kier alpha value is -3.59. The second kappa shape index (κ2) is 13.6. The van der Waals surface area contributed by atoms with Crippen molar-refractivity contribution in [1.82, 2.24) is 24.4 Å². The number of aromatic nitrogens is 4. The fourth-order valence-corrected chi connectivity index (χ4v) is 5.99. The van der Waals surface area contributed by atoms with Gasteiger partial charge in [0.1, 0.15) is 12.2 Å². The van der Waals surface area contributed by atoms with Crippen LogP contribution in [-0.4, -0.2) is 69.9 Å². The molecule has 7 nitrogen and oxygen atoms in total. The van der Waals surface area contributed by atoms with Gasteiger partial charge in [0.25, 0.3) is 0 Å². The van der Waals surface area contributed by atoms with E-state index in [2.05, 4.69) is 104 Å². The standard InChI is InChI=1S/C33H37N7S.ClH/c1-24-9-7-12-29(25(24)2)39-21-19-38(20-22-39)18-8-17-34-31-30-33(36-23-35-31)40(27-13-15-28(41-3)16-14-27)32(37-30)26-10-5-4-6-11-26;/h4-7,9-16,23H,8,17-22H2,1-3H3,(H,34,35,36);1H. The van der Waals surface area contributed by atoms with Crippen molar-refractivity contribution in [3.63, 3.8) is 0 Å². The summed E-state index contributed by atoms with van der Waals surface area (Å²) in [5, 5.41) is 3.57. The molecule has 0 unspecified atom stereocenters. The van der Waals surface area contributed by atoms with Gasteiger partial charge in [-0.3, -0.25) is 9.47 Å². The van der Waals surface area contributed by atoms with Crippen LogP contribution in [-0.2, 0) is 0 Å². The summed E-state index contributed by atoms with van der Waals surface area (Å²) < 4.78 is 2.14. The number of piperazine rings is 1. The second-order valence-corrected chi connectivity index (χ2v) is 11.4. The third kappa shape index (κ3) is 6.26. The predicted molar refractivity (Wildman–Crippen MR) is 179 cm³/mol. The molecular formula is C33H38ClN7S. The highest BCUT2D eigenvalue weighted by Gasteiger charge is 2.20. The lowest BCUT2D eigenvalue weighted by Crippen LogP contribution is -2.47. The molecule has 6 rings (SSSR count). The van der Waals surface area contributed by atoms with E-state index in [1.165, 1.54) is 21.7 Å². The van der Waals surface area contributed by atoms with Crippen LogP contribution in [0.2, 0.25) is 0 Å². The molecule has 3 aromatic carbocycles. The zero-order valence-corrected chi connectivity index (χ0v) is 26.1. The molecule has 1 saturated heterocycles. The van der Waals surface area contributed by atoms with E-state index >= 15 is 0 Å². The van der Waals surface area contributed by atoms with Crippen molar-refractivity contribution in [2.75, 3.05) is 55.7 Å². The third-order valence-corrected chi connectivity index (χ3v) is 8.78. The van der Waals surface area contributed by atoms with E-state index in [9.17, 15) is 0 Å². The van der Waals surface area contributed by atoms with Crippen LogP contribution in [0.1, 0.15) is 17.5 Å². The van der Waals surface area contributed by atoms with Crippen LogP contribution in [0.3, 0.4) is 0 Å². The van der Waals surface area contributed by atoms with Gasteiger partial charge in [0, 0.05) is 54.6 Å². The fourth-order valence-electron chi connectivity index (χ4n) is 5.58. The van der Waals surface area contributed by atoms with Crippen LogP contribution < -0.4 is 10.2 Å². The van der Waals surface area contributed by atoms with Crippen LogP contribution in [0.25, 0.3) is 28.2 Å². The average Bonchev–Trinajstić information content (AvgIpc) is 3.42. The van der Waals surface area contributed by atoms with Crippen molar-refractivity contribution in [1.29, 1.82) is 0 Å². The van der Waals surface area contributed by atoms with Crippen LogP contribution in [0.15, 0.2) is 84.0 Å². The van der Waals surface area contributed by atoms with Gasteiger partial charge >= 0.3 is 0 Å². The van der Waals surface area contributed by atoms with Gasteiger partial charge in [-0.05, 0) is 74.5 Å². The Morgan fingerprint density at radius 1 is 0.857 bits per heavy atom. The van der Waals surface area contributed by atoms with Gasteiger partial charge in [-0.2, -0.15) is 0 Å². The lowest BCUT2D eigenvalue weighted by molar-refractivity contribution is 0.257. The van der Waals surface area contributed by atoms with Crippen molar-refractivity contribution >= 4 is 46.8 Å². The number of halogens is 1. The van der Waals surface area contributed by atoms with Crippen molar-refractivity contribution in [3.05, 3.63) is 90.3 Å². The maximum Gasteiger partial charge on any atom is 0.170 e. The minimum absolute atomic E-state index is 0. The zero-order chi connectivity index (χ0) is 28.2. The summed E-state index contributed by atoms with van der Waals surface area (Å²) in [5.41, 5.74) is 7.83. The SMILES string of the molecule is CSc1ccc(-n2c(-c3ccccc3)nc3c(NCCCN4CCN(c5cccc(C)c5C)CC4)ncnc32)cc1.Cl. The summed E-state index contributed by atoms with van der Waals surface area (Å²) in [6.45, 7) is 10.6. The Bertz CT molecular complexity index is 1610. The number of aryl methyl sites for hydroxylation is 1. The van der Waals surface area contributed by atoms with E-state index in [1.807, 2.05) is 18.2 Å². The molecule has 3 heterocycles. The molecule has 0 amide bonds. The highest BCUT2D eigenvalue weighted by atomic mass is 35.5. The lowest BCUT2D eigenvalue weighted by atomic mass is 10.1. The van der Waals surface area contributed by atoms with Crippen LogP contribution in [0, 0.1) is 13.8 Å². The number of nitrogens with zero attached hydrogens (tertiary/aromatic N) is 6. The van der Waals surface area contributed by atoms with E-state index in [-0.39, 0.29) is 12.4 Å². The largest absolute Gasteiger partial charge is 0.369 e. The van der Waals surface area contributed by atoms with Crippen LogP contribution >= 0.6 is 24.2 Å². The summed E-state index contributed by atoms with van der Waals surface area (Å²) in [5.74, 6) is 1.65. The molecule has 42 heavy (non-hydrogen) atoms. The number of imidazole rings is 1. The molecule has 0 saturated carbocycles. The van der Waals surface area contributed by atoms with E-state index in [4.69, 9.17) is 4.98 Å². The highest BCUT2D eigenvalue weighted by Crippen LogP contribution is 2.31. The summed E-state index contributed by atoms with van der Waals surface area (Å²) in [4.78, 5) is 20.7. The first-order valence-corrected chi connectivity index (χ1v) is 15.6. The second-order valence-electron chi connectivity index (χ2n) is 10.6. The van der Waals surface area contributed by atoms with Gasteiger partial charge in [0.15, 0.2) is 17.0 Å². The van der Waals surface area contributed by atoms with Gasteiger partial charge in [-0.25, -0.2) is 15.0 Å². The normalized spacial score (nSPS) is 13.7. The molecule has 2 aromatic heterocycles. The van der Waals surface area contributed by atoms with E-state index < -0.39 is 0 Å². The first-order valence-electron chi connectivity index (χ1n) is 14.3. The van der Waals surface area contributed by atoms with Gasteiger partial charge in [0.05, 0.1) is 0 Å². The summed E-state index contributed by atoms with van der Waals surface area (Å²) in [6.07, 6.45) is 4.77. The van der Waals surface area contributed by atoms with Gasteiger partial charge in [0.2, 0.25) is 0 Å². The molecule has 5 aromatic rings. The third-order valence-electron chi connectivity index (χ3n) is 8.04. The molecule has 1 fully saturated rings. The van der Waals surface area contributed by atoms with Crippen molar-refractivity contribution in [3.8, 4) is 17.1 Å². The minimum Gasteiger partial charge on any atom is -0.369 e. The Kier molecular flexibility index (Phi) is 9.67. The molecule has 1 N–H and O–H groups in total. The predicted octanol–water partition coefficient (Wildman–Crippen LogP) is 6.87. The fraction of sp³-hybridized carbons (Fsp3) is 0.303. The Morgan fingerprint density at radius 3 is 2.36 bits per heavy atom. The van der Waals surface area contributed by atoms with Crippen LogP contribution in [0.4, 0.5) is 11.5 Å². The van der Waals surface area contributed by atoms with Gasteiger partial charge < -0.3 is 10.2 Å². The topological polar surface area (TPSA) is 62.1 Å². The average molecular weight is 600 g/mol. The molecule has 0 spiro atoms. The molecule has 1 aliphatic heterocycles. The van der Waals surface area contributed by atoms with Gasteiger partial charge in [-0.1, -0.05) is 42.5 Å². The number of hydrogen-bond acceptors (Lipinski definition) is 7. The Morgan fingerprint density at radius 2 is 1.62 bits per heavy atom. The number of benzene rings is 3. The van der Waals surface area contributed by atoms with E-state index in [0.29, 0.717) is 0 Å². The molecule has 0 radical (unpaired) electrons. The molecule has 0 bridgehead atoms. The monoisotopic (exact) mass is 599 g/mol. The zero-order valence-electron chi connectivity index (χ0n) is 24.5. The molecule has 9 heteroatoms. The molecular weight excluding hydrogens is 562 g/mol. The Balaban J connectivity index is 0.00000353. The smallest absolute Gasteiger partial charge is 0.170 e. The maximum absolute atomic E-state index is 5.08. The van der Waals surface area contributed by atoms with Gasteiger partial charge in [-0.15, -0.1) is 24.2 Å². The van der Waals surface area contributed by atoms with Crippen molar-refractivity contribution < 1.29 is 0 Å². The summed E-state index contributed by atoms with van der Waals surface area (Å²) in [6, 6.07) is 25.5. The summed E-state index contributed by atoms with van der Waals surface area (Å²) in [7, 11) is 0. The molecule has 218 valence electrons. The number of anilines is 2. The quantitative estimate of drug-likeness (QED) is 0.147. The first kappa shape index (κ1) is 29.9. The Labute approximate surface area is 258 Å². The van der Waals surface area contributed by atoms with Crippen LogP contribution in [0.5, 0.6) is 0 Å². The van der Waals surface area contributed by atoms with E-state index in [1.54, 1.807) is 18.1 Å². The molecule has 1 aliphatic rings. The minimum atomic E-state index is 0. The number of nitrogens with one attached hydrogen (secondary N) is 1.